The Morgan fingerprint density at radius 2 is 1.77 bits per heavy atom. The second-order valence-electron chi connectivity index (χ2n) is 3.88. The summed E-state index contributed by atoms with van der Waals surface area (Å²) < 4.78 is 25.9. The molecular weight excluding hydrogens is 382 g/mol. The average molecular weight is 390 g/mol. The van der Waals surface area contributed by atoms with Gasteiger partial charge in [-0.1, -0.05) is 34.8 Å². The number of carbonyl (C=O) groups is 1. The SMILES string of the molecule is O=C(NS(=O)(=O)c1ccc(Cl)nc1)c1ccc(Cl)cc1Cl.[NaH]. The number of aromatic nitrogens is 1. The fraction of sp³-hybridized carbons (Fsp3) is 0. The normalized spacial score (nSPS) is 10.7. The van der Waals surface area contributed by atoms with E-state index in [1.54, 1.807) is 0 Å². The van der Waals surface area contributed by atoms with Crippen LogP contribution in [0.4, 0.5) is 0 Å². The molecule has 10 heteroatoms. The van der Waals surface area contributed by atoms with Crippen molar-refractivity contribution >= 4 is 80.3 Å². The number of sulfonamides is 1. The minimum atomic E-state index is -4.06. The summed E-state index contributed by atoms with van der Waals surface area (Å²) in [6.07, 6.45) is 1.04. The van der Waals surface area contributed by atoms with Gasteiger partial charge in [-0.3, -0.25) is 4.79 Å². The Morgan fingerprint density at radius 3 is 2.32 bits per heavy atom. The van der Waals surface area contributed by atoms with Crippen LogP contribution < -0.4 is 4.72 Å². The van der Waals surface area contributed by atoms with E-state index in [0.717, 1.165) is 6.20 Å². The van der Waals surface area contributed by atoms with E-state index in [4.69, 9.17) is 34.8 Å². The standard InChI is InChI=1S/C12H7Cl3N2O3S.Na.H/c13-7-1-3-9(10(14)5-7)12(18)17-21(19,20)8-2-4-11(15)16-6-8;;/h1-6H,(H,17,18);;. The van der Waals surface area contributed by atoms with Crippen molar-refractivity contribution in [3.8, 4) is 0 Å². The second kappa shape index (κ2) is 7.97. The van der Waals surface area contributed by atoms with Crippen LogP contribution in [0.5, 0.6) is 0 Å². The van der Waals surface area contributed by atoms with Crippen molar-refractivity contribution in [1.29, 1.82) is 0 Å². The van der Waals surface area contributed by atoms with Crippen LogP contribution >= 0.6 is 34.8 Å². The van der Waals surface area contributed by atoms with Gasteiger partial charge in [0, 0.05) is 11.2 Å². The number of rotatable bonds is 3. The molecule has 1 heterocycles. The van der Waals surface area contributed by atoms with Crippen molar-refractivity contribution in [3.63, 3.8) is 0 Å². The number of amides is 1. The molecule has 2 rings (SSSR count). The van der Waals surface area contributed by atoms with Crippen molar-refractivity contribution in [1.82, 2.24) is 9.71 Å². The van der Waals surface area contributed by atoms with Crippen molar-refractivity contribution < 1.29 is 13.2 Å². The summed E-state index contributed by atoms with van der Waals surface area (Å²) in [5.74, 6) is -0.869. The number of halogens is 3. The Kier molecular flexibility index (Phi) is 7.14. The average Bonchev–Trinajstić information content (AvgIpc) is 2.38. The minimum absolute atomic E-state index is 0. The summed E-state index contributed by atoms with van der Waals surface area (Å²) in [7, 11) is -4.06. The van der Waals surface area contributed by atoms with E-state index in [1.807, 2.05) is 4.72 Å². The summed E-state index contributed by atoms with van der Waals surface area (Å²) in [6.45, 7) is 0. The number of nitrogens with zero attached hydrogens (tertiary/aromatic N) is 1. The van der Waals surface area contributed by atoms with Crippen molar-refractivity contribution in [3.05, 3.63) is 57.3 Å². The monoisotopic (exact) mass is 388 g/mol. The number of hydrogen-bond acceptors (Lipinski definition) is 4. The molecule has 0 aliphatic heterocycles. The van der Waals surface area contributed by atoms with E-state index in [9.17, 15) is 13.2 Å². The molecule has 0 aliphatic rings. The predicted octanol–water partition coefficient (Wildman–Crippen LogP) is 2.51. The molecule has 0 atom stereocenters. The third-order valence-electron chi connectivity index (χ3n) is 2.41. The Morgan fingerprint density at radius 1 is 1.09 bits per heavy atom. The van der Waals surface area contributed by atoms with Crippen LogP contribution in [0.1, 0.15) is 10.4 Å². The molecule has 0 radical (unpaired) electrons. The van der Waals surface area contributed by atoms with Gasteiger partial charge in [0.15, 0.2) is 0 Å². The van der Waals surface area contributed by atoms with E-state index in [2.05, 4.69) is 4.98 Å². The first-order valence-electron chi connectivity index (χ1n) is 5.43. The molecule has 1 N–H and O–H groups in total. The summed E-state index contributed by atoms with van der Waals surface area (Å²) in [5, 5.41) is 0.520. The van der Waals surface area contributed by atoms with Gasteiger partial charge in [0.2, 0.25) is 0 Å². The molecule has 1 amide bonds. The molecular formula is C12H8Cl3N2NaO3S. The van der Waals surface area contributed by atoms with Crippen LogP contribution in [0.15, 0.2) is 41.4 Å². The topological polar surface area (TPSA) is 76.1 Å². The first-order chi connectivity index (χ1) is 9.79. The van der Waals surface area contributed by atoms with Crippen LogP contribution in [-0.2, 0) is 10.0 Å². The Bertz CT molecular complexity index is 798. The summed E-state index contributed by atoms with van der Waals surface area (Å²) in [6, 6.07) is 6.63. The Labute approximate surface area is 164 Å². The van der Waals surface area contributed by atoms with E-state index in [1.165, 1.54) is 30.3 Å². The fourth-order valence-electron chi connectivity index (χ4n) is 1.43. The van der Waals surface area contributed by atoms with E-state index < -0.39 is 15.9 Å². The maximum absolute atomic E-state index is 12.0. The van der Waals surface area contributed by atoms with Crippen molar-refractivity contribution in [2.24, 2.45) is 0 Å². The third-order valence-corrected chi connectivity index (χ3v) is 4.50. The van der Waals surface area contributed by atoms with E-state index in [-0.39, 0.29) is 50.2 Å². The van der Waals surface area contributed by atoms with Crippen LogP contribution in [-0.4, -0.2) is 48.9 Å². The number of hydrogen-bond donors (Lipinski definition) is 1. The molecule has 0 unspecified atom stereocenters. The first kappa shape index (κ1) is 19.7. The molecule has 22 heavy (non-hydrogen) atoms. The summed E-state index contributed by atoms with van der Waals surface area (Å²) >= 11 is 17.1. The predicted molar refractivity (Wildman–Crippen MR) is 87.5 cm³/mol. The Hall–Kier alpha value is -0.340. The van der Waals surface area contributed by atoms with E-state index in [0.29, 0.717) is 5.02 Å². The number of benzene rings is 1. The van der Waals surface area contributed by atoms with Gasteiger partial charge < -0.3 is 0 Å². The van der Waals surface area contributed by atoms with Gasteiger partial charge >= 0.3 is 29.6 Å². The zero-order chi connectivity index (χ0) is 15.6. The molecule has 0 aliphatic carbocycles. The third kappa shape index (κ3) is 4.83. The molecule has 0 saturated heterocycles. The van der Waals surface area contributed by atoms with Crippen molar-refractivity contribution in [2.75, 3.05) is 0 Å². The van der Waals surface area contributed by atoms with Crippen molar-refractivity contribution in [2.45, 2.75) is 4.90 Å². The molecule has 1 aromatic heterocycles. The first-order valence-corrected chi connectivity index (χ1v) is 8.05. The number of nitrogens with one attached hydrogen (secondary N) is 1. The van der Waals surface area contributed by atoms with Gasteiger partial charge in [-0.15, -0.1) is 0 Å². The van der Waals surface area contributed by atoms with Gasteiger partial charge in [0.25, 0.3) is 15.9 Å². The number of pyridine rings is 1. The van der Waals surface area contributed by atoms with Gasteiger partial charge in [-0.25, -0.2) is 18.1 Å². The van der Waals surface area contributed by atoms with Crippen LogP contribution in [0.2, 0.25) is 15.2 Å². The van der Waals surface area contributed by atoms with Gasteiger partial charge in [-0.05, 0) is 30.3 Å². The quantitative estimate of drug-likeness (QED) is 0.646. The van der Waals surface area contributed by atoms with E-state index >= 15 is 0 Å². The van der Waals surface area contributed by atoms with Crippen LogP contribution in [0.3, 0.4) is 0 Å². The molecule has 0 saturated carbocycles. The van der Waals surface area contributed by atoms with Crippen LogP contribution in [0, 0.1) is 0 Å². The maximum atomic E-state index is 12.0. The van der Waals surface area contributed by atoms with Gasteiger partial charge in [0.05, 0.1) is 10.6 Å². The Balaban J connectivity index is 0.00000242. The summed E-state index contributed by atoms with van der Waals surface area (Å²) in [5.41, 5.74) is -0.00781. The number of carbonyl (C=O) groups excluding carboxylic acids is 1. The zero-order valence-electron chi connectivity index (χ0n) is 10.2. The van der Waals surface area contributed by atoms with Gasteiger partial charge in [-0.2, -0.15) is 0 Å². The molecule has 1 aromatic carbocycles. The molecule has 0 spiro atoms. The molecule has 112 valence electrons. The second-order valence-corrected chi connectivity index (χ2v) is 6.79. The zero-order valence-corrected chi connectivity index (χ0v) is 13.3. The van der Waals surface area contributed by atoms with Gasteiger partial charge in [0.1, 0.15) is 10.0 Å². The molecule has 0 fully saturated rings. The van der Waals surface area contributed by atoms with Crippen LogP contribution in [0.25, 0.3) is 0 Å². The molecule has 0 bridgehead atoms. The molecule has 5 nitrogen and oxygen atoms in total. The molecule has 2 aromatic rings. The fourth-order valence-corrected chi connectivity index (χ4v) is 2.95. The summed E-state index contributed by atoms with van der Waals surface area (Å²) in [4.78, 5) is 15.4.